The lowest BCUT2D eigenvalue weighted by molar-refractivity contribution is 0.267. The van der Waals surface area contributed by atoms with Gasteiger partial charge >= 0.3 is 0 Å². The quantitative estimate of drug-likeness (QED) is 0.854. The fourth-order valence-corrected chi connectivity index (χ4v) is 3.26. The molecule has 2 N–H and O–H groups in total. The van der Waals surface area contributed by atoms with Gasteiger partial charge in [-0.1, -0.05) is 19.3 Å². The number of aromatic hydroxyl groups is 1. The predicted molar refractivity (Wildman–Crippen MR) is 82.2 cm³/mol. The van der Waals surface area contributed by atoms with Crippen LogP contribution in [-0.2, 0) is 0 Å². The van der Waals surface area contributed by atoms with E-state index >= 15 is 0 Å². The number of phenolic OH excluding ortho intramolecular Hbond substituents is 1. The second-order valence-corrected chi connectivity index (χ2v) is 6.00. The number of phenols is 1. The lowest BCUT2D eigenvalue weighted by Gasteiger charge is -2.31. The molecule has 0 saturated heterocycles. The molecule has 1 aromatic rings. The van der Waals surface area contributed by atoms with Gasteiger partial charge in [-0.05, 0) is 50.8 Å². The predicted octanol–water partition coefficient (Wildman–Crippen LogP) is 4.02. The van der Waals surface area contributed by atoms with E-state index in [0.29, 0.717) is 11.8 Å². The van der Waals surface area contributed by atoms with E-state index in [1.165, 1.54) is 32.1 Å². The highest BCUT2D eigenvalue weighted by Gasteiger charge is 2.22. The van der Waals surface area contributed by atoms with Gasteiger partial charge in [0.15, 0.2) is 0 Å². The number of nitrogens with one attached hydrogen (secondary N) is 1. The van der Waals surface area contributed by atoms with Crippen LogP contribution in [0.25, 0.3) is 0 Å². The van der Waals surface area contributed by atoms with Crippen LogP contribution in [0, 0.1) is 5.92 Å². The van der Waals surface area contributed by atoms with E-state index in [1.54, 1.807) is 19.2 Å². The fraction of sp³-hybridized carbons (Fsp3) is 0.647. The number of hydrogen-bond donors (Lipinski definition) is 2. The molecule has 1 aromatic carbocycles. The molecule has 2 rings (SSSR count). The molecule has 3 nitrogen and oxygen atoms in total. The van der Waals surface area contributed by atoms with Crippen LogP contribution in [-0.4, -0.2) is 18.3 Å². The molecule has 0 radical (unpaired) electrons. The molecule has 1 fully saturated rings. The van der Waals surface area contributed by atoms with Crippen LogP contribution >= 0.6 is 0 Å². The maximum Gasteiger partial charge on any atom is 0.120 e. The van der Waals surface area contributed by atoms with Crippen molar-refractivity contribution in [2.45, 2.75) is 58.0 Å². The smallest absolute Gasteiger partial charge is 0.120 e. The average Bonchev–Trinajstić information content (AvgIpc) is 2.48. The van der Waals surface area contributed by atoms with Crippen LogP contribution in [0.4, 0.5) is 0 Å². The van der Waals surface area contributed by atoms with Gasteiger partial charge < -0.3 is 15.2 Å². The van der Waals surface area contributed by atoms with Crippen molar-refractivity contribution in [1.82, 2.24) is 5.32 Å². The van der Waals surface area contributed by atoms with Gasteiger partial charge in [-0.3, -0.25) is 0 Å². The third-order valence-electron chi connectivity index (χ3n) is 4.57. The van der Waals surface area contributed by atoms with Gasteiger partial charge in [0.1, 0.15) is 11.5 Å². The molecule has 0 aliphatic heterocycles. The number of hydrogen-bond acceptors (Lipinski definition) is 3. The zero-order valence-corrected chi connectivity index (χ0v) is 12.9. The minimum absolute atomic E-state index is 0.127. The summed E-state index contributed by atoms with van der Waals surface area (Å²) in [7, 11) is 1.65. The first-order valence-electron chi connectivity index (χ1n) is 7.74. The summed E-state index contributed by atoms with van der Waals surface area (Å²) >= 11 is 0. The Hall–Kier alpha value is -1.22. The summed E-state index contributed by atoms with van der Waals surface area (Å²) in [4.78, 5) is 0. The van der Waals surface area contributed by atoms with Crippen LogP contribution in [0.3, 0.4) is 0 Å². The SMILES string of the molecule is COc1ccc(O)c(C(C)N[C@@H](C)C2CCCCC2)c1. The van der Waals surface area contributed by atoms with E-state index in [2.05, 4.69) is 19.2 Å². The minimum atomic E-state index is 0.127. The molecule has 2 atom stereocenters. The van der Waals surface area contributed by atoms with Crippen LogP contribution in [0.2, 0.25) is 0 Å². The van der Waals surface area contributed by atoms with Crippen LogP contribution in [0.1, 0.15) is 57.6 Å². The third kappa shape index (κ3) is 3.66. The van der Waals surface area contributed by atoms with Gasteiger partial charge in [-0.15, -0.1) is 0 Å². The highest BCUT2D eigenvalue weighted by atomic mass is 16.5. The molecule has 0 heterocycles. The Morgan fingerprint density at radius 2 is 1.90 bits per heavy atom. The van der Waals surface area contributed by atoms with E-state index in [0.717, 1.165) is 17.2 Å². The van der Waals surface area contributed by atoms with Gasteiger partial charge in [0.05, 0.1) is 7.11 Å². The highest BCUT2D eigenvalue weighted by Crippen LogP contribution is 2.31. The zero-order chi connectivity index (χ0) is 14.5. The molecule has 0 amide bonds. The maximum absolute atomic E-state index is 10.0. The summed E-state index contributed by atoms with van der Waals surface area (Å²) in [6.07, 6.45) is 6.75. The second-order valence-electron chi connectivity index (χ2n) is 6.00. The van der Waals surface area contributed by atoms with Gasteiger partial charge in [-0.2, -0.15) is 0 Å². The van der Waals surface area contributed by atoms with Crippen molar-refractivity contribution in [3.63, 3.8) is 0 Å². The van der Waals surface area contributed by atoms with E-state index in [-0.39, 0.29) is 6.04 Å². The Balaban J connectivity index is 2.01. The van der Waals surface area contributed by atoms with Crippen molar-refractivity contribution in [2.24, 2.45) is 5.92 Å². The summed E-state index contributed by atoms with van der Waals surface area (Å²) in [6.45, 7) is 4.37. The Labute approximate surface area is 122 Å². The standard InChI is InChI=1S/C17H27NO2/c1-12(14-7-5-4-6-8-14)18-13(2)16-11-15(20-3)9-10-17(16)19/h9-14,18-19H,4-8H2,1-3H3/t12-,13?/m0/s1. The van der Waals surface area contributed by atoms with Crippen molar-refractivity contribution >= 4 is 0 Å². The molecule has 3 heteroatoms. The summed E-state index contributed by atoms with van der Waals surface area (Å²) in [6, 6.07) is 6.02. The summed E-state index contributed by atoms with van der Waals surface area (Å²) in [5, 5.41) is 13.7. The Morgan fingerprint density at radius 1 is 1.20 bits per heavy atom. The lowest BCUT2D eigenvalue weighted by atomic mass is 9.84. The Kier molecular flexibility index (Phi) is 5.30. The first kappa shape index (κ1) is 15.2. The molecule has 1 unspecified atom stereocenters. The molecule has 0 bridgehead atoms. The van der Waals surface area contributed by atoms with E-state index in [4.69, 9.17) is 4.74 Å². The topological polar surface area (TPSA) is 41.5 Å². The van der Waals surface area contributed by atoms with Gasteiger partial charge in [-0.25, -0.2) is 0 Å². The number of rotatable bonds is 5. The highest BCUT2D eigenvalue weighted by molar-refractivity contribution is 5.41. The molecule has 1 saturated carbocycles. The molecule has 20 heavy (non-hydrogen) atoms. The molecule has 0 aromatic heterocycles. The normalized spacial score (nSPS) is 19.6. The fourth-order valence-electron chi connectivity index (χ4n) is 3.26. The Morgan fingerprint density at radius 3 is 2.55 bits per heavy atom. The number of methoxy groups -OCH3 is 1. The van der Waals surface area contributed by atoms with Crippen molar-refractivity contribution in [3.8, 4) is 11.5 Å². The molecular formula is C17H27NO2. The van der Waals surface area contributed by atoms with E-state index < -0.39 is 0 Å². The third-order valence-corrected chi connectivity index (χ3v) is 4.57. The lowest BCUT2D eigenvalue weighted by Crippen LogP contribution is -2.36. The van der Waals surface area contributed by atoms with Crippen molar-refractivity contribution < 1.29 is 9.84 Å². The van der Waals surface area contributed by atoms with Crippen LogP contribution in [0.15, 0.2) is 18.2 Å². The summed E-state index contributed by atoms with van der Waals surface area (Å²) < 4.78 is 5.24. The van der Waals surface area contributed by atoms with Gasteiger partial charge in [0, 0.05) is 17.6 Å². The number of ether oxygens (including phenoxy) is 1. The molecule has 1 aliphatic carbocycles. The second kappa shape index (κ2) is 6.98. The van der Waals surface area contributed by atoms with Crippen molar-refractivity contribution in [1.29, 1.82) is 0 Å². The summed E-state index contributed by atoms with van der Waals surface area (Å²) in [5.41, 5.74) is 0.909. The maximum atomic E-state index is 10.0. The average molecular weight is 277 g/mol. The first-order valence-corrected chi connectivity index (χ1v) is 7.74. The van der Waals surface area contributed by atoms with E-state index in [1.807, 2.05) is 6.07 Å². The first-order chi connectivity index (χ1) is 9.61. The molecular weight excluding hydrogens is 250 g/mol. The Bertz CT molecular complexity index is 427. The summed E-state index contributed by atoms with van der Waals surface area (Å²) in [5.74, 6) is 1.89. The van der Waals surface area contributed by atoms with Crippen LogP contribution in [0.5, 0.6) is 11.5 Å². The van der Waals surface area contributed by atoms with Crippen LogP contribution < -0.4 is 10.1 Å². The van der Waals surface area contributed by atoms with Gasteiger partial charge in [0.25, 0.3) is 0 Å². The van der Waals surface area contributed by atoms with E-state index in [9.17, 15) is 5.11 Å². The number of benzene rings is 1. The monoisotopic (exact) mass is 277 g/mol. The molecule has 1 aliphatic rings. The molecule has 0 spiro atoms. The molecule has 112 valence electrons. The van der Waals surface area contributed by atoms with Crippen molar-refractivity contribution in [2.75, 3.05) is 7.11 Å². The van der Waals surface area contributed by atoms with Crippen molar-refractivity contribution in [3.05, 3.63) is 23.8 Å². The minimum Gasteiger partial charge on any atom is -0.508 e. The van der Waals surface area contributed by atoms with Gasteiger partial charge in [0.2, 0.25) is 0 Å². The largest absolute Gasteiger partial charge is 0.508 e. The zero-order valence-electron chi connectivity index (χ0n) is 12.9.